The third-order valence-electron chi connectivity index (χ3n) is 4.70. The number of hydrogen-bond donors (Lipinski definition) is 0. The molecule has 0 aromatic heterocycles. The molecule has 0 aliphatic carbocycles. The Balaban J connectivity index is 2.06. The average molecular weight is 343 g/mol. The minimum Gasteiger partial charge on any atom is -0.460 e. The Morgan fingerprint density at radius 3 is 2.48 bits per heavy atom. The molecule has 1 aromatic rings. The van der Waals surface area contributed by atoms with E-state index in [2.05, 4.69) is 18.7 Å². The topological polar surface area (TPSA) is 46.6 Å². The summed E-state index contributed by atoms with van der Waals surface area (Å²) >= 11 is 0. The van der Waals surface area contributed by atoms with E-state index in [1.165, 1.54) is 5.56 Å². The molecule has 4 heteroatoms. The number of benzene rings is 1. The van der Waals surface area contributed by atoms with Crippen molar-refractivity contribution in [1.82, 2.24) is 4.90 Å². The van der Waals surface area contributed by atoms with Gasteiger partial charge in [0.25, 0.3) is 0 Å². The van der Waals surface area contributed by atoms with E-state index in [0.717, 1.165) is 12.0 Å². The van der Waals surface area contributed by atoms with Gasteiger partial charge in [0.1, 0.15) is 5.60 Å². The maximum Gasteiger partial charge on any atom is 0.307 e. The number of esters is 1. The molecule has 1 aromatic carbocycles. The van der Waals surface area contributed by atoms with E-state index in [4.69, 9.17) is 4.74 Å². The average Bonchev–Trinajstić information content (AvgIpc) is 2.82. The predicted molar refractivity (Wildman–Crippen MR) is 99.1 cm³/mol. The number of ether oxygens (including phenoxy) is 1. The van der Waals surface area contributed by atoms with E-state index < -0.39 is 11.0 Å². The first-order valence-corrected chi connectivity index (χ1v) is 8.85. The Hall–Kier alpha value is -2.10. The molecule has 1 fully saturated rings. The monoisotopic (exact) mass is 343 g/mol. The zero-order valence-electron chi connectivity index (χ0n) is 15.8. The SMILES string of the molecule is C=C(C)C1(CC(=O)OC(C)(C)C)CCN(CCc2ccccc2)C1=O. The summed E-state index contributed by atoms with van der Waals surface area (Å²) in [5.41, 5.74) is 0.571. The van der Waals surface area contributed by atoms with Crippen LogP contribution in [0.1, 0.15) is 46.1 Å². The molecule has 0 bridgehead atoms. The molecular formula is C21H29NO3. The van der Waals surface area contributed by atoms with Gasteiger partial charge in [0.05, 0.1) is 11.8 Å². The highest BCUT2D eigenvalue weighted by molar-refractivity contribution is 5.92. The lowest BCUT2D eigenvalue weighted by molar-refractivity contribution is -0.159. The van der Waals surface area contributed by atoms with Gasteiger partial charge < -0.3 is 9.64 Å². The molecule has 2 rings (SSSR count). The Bertz CT molecular complexity index is 645. The van der Waals surface area contributed by atoms with Crippen molar-refractivity contribution in [3.05, 3.63) is 48.0 Å². The number of amides is 1. The van der Waals surface area contributed by atoms with Crippen LogP contribution in [0.4, 0.5) is 0 Å². The van der Waals surface area contributed by atoms with Crippen LogP contribution in [-0.4, -0.2) is 35.5 Å². The molecule has 1 aliphatic heterocycles. The zero-order chi connectivity index (χ0) is 18.7. The number of likely N-dealkylation sites (tertiary alicyclic amines) is 1. The quantitative estimate of drug-likeness (QED) is 0.584. The number of rotatable bonds is 6. The van der Waals surface area contributed by atoms with E-state index in [-0.39, 0.29) is 18.3 Å². The van der Waals surface area contributed by atoms with Crippen molar-refractivity contribution in [2.45, 2.75) is 52.6 Å². The third-order valence-corrected chi connectivity index (χ3v) is 4.70. The standard InChI is InChI=1S/C21H29NO3/c1-16(2)21(15-18(23)25-20(3,4)5)12-14-22(19(21)24)13-11-17-9-7-6-8-10-17/h6-10H,1,11-15H2,2-5H3. The lowest BCUT2D eigenvalue weighted by Gasteiger charge is -2.29. The molecule has 1 saturated heterocycles. The van der Waals surface area contributed by atoms with E-state index >= 15 is 0 Å². The number of hydrogen-bond acceptors (Lipinski definition) is 3. The van der Waals surface area contributed by atoms with Crippen molar-refractivity contribution in [2.24, 2.45) is 5.41 Å². The summed E-state index contributed by atoms with van der Waals surface area (Å²) < 4.78 is 5.44. The summed E-state index contributed by atoms with van der Waals surface area (Å²) in [5, 5.41) is 0. The normalized spacial score (nSPS) is 20.6. The molecule has 136 valence electrons. The second kappa shape index (κ2) is 7.42. The van der Waals surface area contributed by atoms with Gasteiger partial charge in [-0.1, -0.05) is 42.5 Å². The third kappa shape index (κ3) is 4.71. The van der Waals surface area contributed by atoms with Crippen molar-refractivity contribution in [3.8, 4) is 0 Å². The lowest BCUT2D eigenvalue weighted by atomic mass is 9.77. The Kier molecular flexibility index (Phi) is 5.71. The van der Waals surface area contributed by atoms with Crippen molar-refractivity contribution in [3.63, 3.8) is 0 Å². The second-order valence-corrected chi connectivity index (χ2v) is 7.90. The summed E-state index contributed by atoms with van der Waals surface area (Å²) in [6, 6.07) is 10.1. The van der Waals surface area contributed by atoms with Crippen molar-refractivity contribution in [1.29, 1.82) is 0 Å². The second-order valence-electron chi connectivity index (χ2n) is 7.90. The first kappa shape index (κ1) is 19.2. The minimum absolute atomic E-state index is 0.00166. The van der Waals surface area contributed by atoms with Gasteiger partial charge in [0.15, 0.2) is 0 Å². The molecule has 1 atom stereocenters. The zero-order valence-corrected chi connectivity index (χ0v) is 15.8. The van der Waals surface area contributed by atoms with Gasteiger partial charge in [-0.2, -0.15) is 0 Å². The first-order valence-electron chi connectivity index (χ1n) is 8.85. The van der Waals surface area contributed by atoms with Crippen molar-refractivity contribution < 1.29 is 14.3 Å². The van der Waals surface area contributed by atoms with Crippen LogP contribution in [0.25, 0.3) is 0 Å². The Morgan fingerprint density at radius 2 is 1.92 bits per heavy atom. The van der Waals surface area contributed by atoms with E-state index in [9.17, 15) is 9.59 Å². The van der Waals surface area contributed by atoms with Crippen LogP contribution < -0.4 is 0 Å². The van der Waals surface area contributed by atoms with E-state index in [1.807, 2.05) is 50.8 Å². The minimum atomic E-state index is -0.820. The fraction of sp³-hybridized carbons (Fsp3) is 0.524. The van der Waals surface area contributed by atoms with Gasteiger partial charge in [0, 0.05) is 13.1 Å². The molecule has 1 aliphatic rings. The molecule has 1 amide bonds. The van der Waals surface area contributed by atoms with Crippen molar-refractivity contribution >= 4 is 11.9 Å². The molecule has 1 heterocycles. The van der Waals surface area contributed by atoms with Gasteiger partial charge >= 0.3 is 5.97 Å². The fourth-order valence-corrected chi connectivity index (χ4v) is 3.29. The summed E-state index contributed by atoms with van der Waals surface area (Å²) in [6.45, 7) is 12.7. The molecule has 25 heavy (non-hydrogen) atoms. The number of carbonyl (C=O) groups is 2. The Labute approximate surface area is 150 Å². The van der Waals surface area contributed by atoms with E-state index in [1.54, 1.807) is 0 Å². The highest BCUT2D eigenvalue weighted by atomic mass is 16.6. The summed E-state index contributed by atoms with van der Waals surface area (Å²) in [4.78, 5) is 27.2. The largest absolute Gasteiger partial charge is 0.460 e. The van der Waals surface area contributed by atoms with Crippen LogP contribution >= 0.6 is 0 Å². The van der Waals surface area contributed by atoms with E-state index in [0.29, 0.717) is 19.5 Å². The summed E-state index contributed by atoms with van der Waals surface area (Å²) in [5.74, 6) is -0.337. The molecule has 0 spiro atoms. The summed E-state index contributed by atoms with van der Waals surface area (Å²) in [6.07, 6.45) is 1.50. The number of carbonyl (C=O) groups excluding carboxylic acids is 2. The van der Waals surface area contributed by atoms with Gasteiger partial charge in [-0.15, -0.1) is 0 Å². The maximum atomic E-state index is 13.0. The number of nitrogens with zero attached hydrogens (tertiary/aromatic N) is 1. The van der Waals surface area contributed by atoms with Crippen LogP contribution in [0, 0.1) is 5.41 Å². The van der Waals surface area contributed by atoms with Gasteiger partial charge in [-0.05, 0) is 46.1 Å². The van der Waals surface area contributed by atoms with Crippen molar-refractivity contribution in [2.75, 3.05) is 13.1 Å². The van der Waals surface area contributed by atoms with Crippen LogP contribution in [0.2, 0.25) is 0 Å². The highest BCUT2D eigenvalue weighted by Gasteiger charge is 2.49. The van der Waals surface area contributed by atoms with Gasteiger partial charge in [-0.25, -0.2) is 0 Å². The smallest absolute Gasteiger partial charge is 0.307 e. The molecule has 4 nitrogen and oxygen atoms in total. The lowest BCUT2D eigenvalue weighted by Crippen LogP contribution is -2.39. The maximum absolute atomic E-state index is 13.0. The summed E-state index contributed by atoms with van der Waals surface area (Å²) in [7, 11) is 0. The van der Waals surface area contributed by atoms with Crippen LogP contribution in [-0.2, 0) is 20.7 Å². The molecule has 0 radical (unpaired) electrons. The molecule has 0 N–H and O–H groups in total. The van der Waals surface area contributed by atoms with Crippen LogP contribution in [0.3, 0.4) is 0 Å². The predicted octanol–water partition coefficient (Wildman–Crippen LogP) is 3.76. The van der Waals surface area contributed by atoms with Crippen LogP contribution in [0.5, 0.6) is 0 Å². The Morgan fingerprint density at radius 1 is 1.28 bits per heavy atom. The highest BCUT2D eigenvalue weighted by Crippen LogP contribution is 2.42. The molecule has 0 saturated carbocycles. The fourth-order valence-electron chi connectivity index (χ4n) is 3.29. The van der Waals surface area contributed by atoms with Crippen LogP contribution in [0.15, 0.2) is 42.5 Å². The molecule has 1 unspecified atom stereocenters. The van der Waals surface area contributed by atoms with Gasteiger partial charge in [0.2, 0.25) is 5.91 Å². The molecular weight excluding hydrogens is 314 g/mol. The first-order chi connectivity index (χ1) is 11.6. The van der Waals surface area contributed by atoms with Gasteiger partial charge in [-0.3, -0.25) is 9.59 Å².